The van der Waals surface area contributed by atoms with Crippen LogP contribution in [0.4, 0.5) is 11.4 Å². The minimum Gasteiger partial charge on any atom is -0.397 e. The molecule has 2 rings (SSSR count). The molecule has 0 atom stereocenters. The second-order valence-corrected chi connectivity index (χ2v) is 5.30. The zero-order valence-corrected chi connectivity index (χ0v) is 12.3. The van der Waals surface area contributed by atoms with E-state index >= 15 is 0 Å². The van der Waals surface area contributed by atoms with Crippen LogP contribution in [0.25, 0.3) is 0 Å². The number of carbonyl (C=O) groups is 1. The van der Waals surface area contributed by atoms with Gasteiger partial charge in [0.2, 0.25) is 5.91 Å². The van der Waals surface area contributed by atoms with Crippen LogP contribution in [0.3, 0.4) is 0 Å². The standard InChI is InChI=1S/C16H17ClN2O/c1-10-3-4-11(2)12(7-10)8-16(20)19-13-5-6-14(17)15(18)9-13/h3-7,9H,8,18H2,1-2H3,(H,19,20). The highest BCUT2D eigenvalue weighted by molar-refractivity contribution is 6.33. The first-order chi connectivity index (χ1) is 9.45. The maximum Gasteiger partial charge on any atom is 0.228 e. The zero-order valence-electron chi connectivity index (χ0n) is 11.5. The number of halogens is 1. The topological polar surface area (TPSA) is 55.1 Å². The molecule has 0 bridgehead atoms. The summed E-state index contributed by atoms with van der Waals surface area (Å²) in [5.41, 5.74) is 10.1. The maximum atomic E-state index is 12.1. The average molecular weight is 289 g/mol. The van der Waals surface area contributed by atoms with Gasteiger partial charge in [-0.1, -0.05) is 35.4 Å². The van der Waals surface area contributed by atoms with Gasteiger partial charge in [0, 0.05) is 5.69 Å². The summed E-state index contributed by atoms with van der Waals surface area (Å²) in [4.78, 5) is 12.1. The van der Waals surface area contributed by atoms with E-state index in [-0.39, 0.29) is 5.91 Å². The number of anilines is 2. The first kappa shape index (κ1) is 14.4. The van der Waals surface area contributed by atoms with Crippen LogP contribution in [0, 0.1) is 13.8 Å². The highest BCUT2D eigenvalue weighted by atomic mass is 35.5. The summed E-state index contributed by atoms with van der Waals surface area (Å²) in [6, 6.07) is 11.2. The van der Waals surface area contributed by atoms with E-state index in [1.807, 2.05) is 32.0 Å². The van der Waals surface area contributed by atoms with Gasteiger partial charge < -0.3 is 11.1 Å². The van der Waals surface area contributed by atoms with Crippen LogP contribution in [0.2, 0.25) is 5.02 Å². The highest BCUT2D eigenvalue weighted by Gasteiger charge is 2.07. The molecule has 3 N–H and O–H groups in total. The van der Waals surface area contributed by atoms with Crippen LogP contribution in [0.5, 0.6) is 0 Å². The number of carbonyl (C=O) groups excluding carboxylic acids is 1. The Balaban J connectivity index is 2.09. The van der Waals surface area contributed by atoms with Gasteiger partial charge in [0.15, 0.2) is 0 Å². The Morgan fingerprint density at radius 1 is 1.20 bits per heavy atom. The predicted molar refractivity (Wildman–Crippen MR) is 84.1 cm³/mol. The molecule has 2 aromatic rings. The van der Waals surface area contributed by atoms with E-state index in [2.05, 4.69) is 5.32 Å². The van der Waals surface area contributed by atoms with Crippen molar-refractivity contribution in [1.82, 2.24) is 0 Å². The molecule has 0 aliphatic carbocycles. The number of aryl methyl sites for hydroxylation is 2. The molecule has 3 nitrogen and oxygen atoms in total. The Morgan fingerprint density at radius 3 is 2.65 bits per heavy atom. The van der Waals surface area contributed by atoms with Crippen LogP contribution >= 0.6 is 11.6 Å². The van der Waals surface area contributed by atoms with E-state index in [1.165, 1.54) is 0 Å². The molecule has 0 radical (unpaired) electrons. The third-order valence-electron chi connectivity index (χ3n) is 3.14. The monoisotopic (exact) mass is 288 g/mol. The highest BCUT2D eigenvalue weighted by Crippen LogP contribution is 2.22. The minimum atomic E-state index is -0.0691. The SMILES string of the molecule is Cc1ccc(C)c(CC(=O)Nc2ccc(Cl)c(N)c2)c1. The Labute approximate surface area is 123 Å². The van der Waals surface area contributed by atoms with Crippen LogP contribution in [0.1, 0.15) is 16.7 Å². The third kappa shape index (κ3) is 3.52. The molecule has 0 heterocycles. The summed E-state index contributed by atoms with van der Waals surface area (Å²) in [5.74, 6) is -0.0691. The molecular formula is C16H17ClN2O. The summed E-state index contributed by atoms with van der Waals surface area (Å²) in [6.45, 7) is 4.02. The van der Waals surface area contributed by atoms with Gasteiger partial charge in [-0.05, 0) is 43.2 Å². The minimum absolute atomic E-state index is 0.0691. The predicted octanol–water partition coefficient (Wildman–Crippen LogP) is 3.72. The lowest BCUT2D eigenvalue weighted by atomic mass is 10.0. The molecule has 104 valence electrons. The molecule has 0 unspecified atom stereocenters. The number of benzene rings is 2. The molecule has 4 heteroatoms. The number of hydrogen-bond donors (Lipinski definition) is 2. The van der Waals surface area contributed by atoms with Crippen LogP contribution in [0.15, 0.2) is 36.4 Å². The number of amides is 1. The molecule has 0 aliphatic rings. The normalized spacial score (nSPS) is 10.3. The number of hydrogen-bond acceptors (Lipinski definition) is 2. The summed E-state index contributed by atoms with van der Waals surface area (Å²) < 4.78 is 0. The van der Waals surface area contributed by atoms with E-state index < -0.39 is 0 Å². The van der Waals surface area contributed by atoms with Crippen molar-refractivity contribution in [3.63, 3.8) is 0 Å². The molecule has 20 heavy (non-hydrogen) atoms. The molecule has 0 aromatic heterocycles. The maximum absolute atomic E-state index is 12.1. The van der Waals surface area contributed by atoms with Gasteiger partial charge in [-0.25, -0.2) is 0 Å². The molecule has 1 amide bonds. The fourth-order valence-corrected chi connectivity index (χ4v) is 2.11. The van der Waals surface area contributed by atoms with Crippen molar-refractivity contribution in [3.8, 4) is 0 Å². The Morgan fingerprint density at radius 2 is 1.95 bits per heavy atom. The van der Waals surface area contributed by atoms with Gasteiger partial charge >= 0.3 is 0 Å². The first-order valence-corrected chi connectivity index (χ1v) is 6.74. The van der Waals surface area contributed by atoms with E-state index in [4.69, 9.17) is 17.3 Å². The van der Waals surface area contributed by atoms with E-state index in [1.54, 1.807) is 18.2 Å². The first-order valence-electron chi connectivity index (χ1n) is 6.36. The number of rotatable bonds is 3. The van der Waals surface area contributed by atoms with E-state index in [0.717, 1.165) is 16.7 Å². The Kier molecular flexibility index (Phi) is 4.30. The molecule has 0 saturated heterocycles. The lowest BCUT2D eigenvalue weighted by molar-refractivity contribution is -0.115. The van der Waals surface area contributed by atoms with Crippen LogP contribution in [-0.2, 0) is 11.2 Å². The zero-order chi connectivity index (χ0) is 14.7. The second-order valence-electron chi connectivity index (χ2n) is 4.89. The van der Waals surface area contributed by atoms with Gasteiger partial charge in [0.1, 0.15) is 0 Å². The van der Waals surface area contributed by atoms with Crippen molar-refractivity contribution in [2.45, 2.75) is 20.3 Å². The molecule has 0 saturated carbocycles. The summed E-state index contributed by atoms with van der Waals surface area (Å²) in [5, 5.41) is 3.31. The third-order valence-corrected chi connectivity index (χ3v) is 3.48. The number of nitrogens with one attached hydrogen (secondary N) is 1. The fourth-order valence-electron chi connectivity index (χ4n) is 1.99. The number of nitrogens with two attached hydrogens (primary N) is 1. The lowest BCUT2D eigenvalue weighted by Gasteiger charge is -2.09. The van der Waals surface area contributed by atoms with Crippen molar-refractivity contribution in [2.24, 2.45) is 0 Å². The Bertz CT molecular complexity index is 653. The largest absolute Gasteiger partial charge is 0.397 e. The molecule has 0 spiro atoms. The number of nitrogen functional groups attached to an aromatic ring is 1. The quantitative estimate of drug-likeness (QED) is 0.846. The molecule has 0 fully saturated rings. The van der Waals surface area contributed by atoms with Gasteiger partial charge in [-0.3, -0.25) is 4.79 Å². The van der Waals surface area contributed by atoms with Gasteiger partial charge in [0.25, 0.3) is 0 Å². The van der Waals surface area contributed by atoms with Gasteiger partial charge in [0.05, 0.1) is 17.1 Å². The van der Waals surface area contributed by atoms with Crippen molar-refractivity contribution in [3.05, 3.63) is 58.1 Å². The smallest absolute Gasteiger partial charge is 0.228 e. The average Bonchev–Trinajstić information content (AvgIpc) is 2.38. The van der Waals surface area contributed by atoms with E-state index in [9.17, 15) is 4.79 Å². The fraction of sp³-hybridized carbons (Fsp3) is 0.188. The molecule has 2 aromatic carbocycles. The lowest BCUT2D eigenvalue weighted by Crippen LogP contribution is -2.15. The van der Waals surface area contributed by atoms with Crippen molar-refractivity contribution >= 4 is 28.9 Å². The van der Waals surface area contributed by atoms with Crippen molar-refractivity contribution in [2.75, 3.05) is 11.1 Å². The van der Waals surface area contributed by atoms with Crippen molar-refractivity contribution < 1.29 is 4.79 Å². The molecular weight excluding hydrogens is 272 g/mol. The van der Waals surface area contributed by atoms with Gasteiger partial charge in [-0.15, -0.1) is 0 Å². The van der Waals surface area contributed by atoms with Gasteiger partial charge in [-0.2, -0.15) is 0 Å². The summed E-state index contributed by atoms with van der Waals surface area (Å²) in [7, 11) is 0. The Hall–Kier alpha value is -2.00. The summed E-state index contributed by atoms with van der Waals surface area (Å²) >= 11 is 5.85. The second kappa shape index (κ2) is 5.97. The van der Waals surface area contributed by atoms with Crippen LogP contribution in [-0.4, -0.2) is 5.91 Å². The summed E-state index contributed by atoms with van der Waals surface area (Å²) in [6.07, 6.45) is 0.343. The van der Waals surface area contributed by atoms with E-state index in [0.29, 0.717) is 22.8 Å². The molecule has 0 aliphatic heterocycles. The van der Waals surface area contributed by atoms with Crippen molar-refractivity contribution in [1.29, 1.82) is 0 Å². The van der Waals surface area contributed by atoms with Crippen LogP contribution < -0.4 is 11.1 Å².